The number of esters is 2. The fraction of sp³-hybridized carbons (Fsp3) is 0.543. The first-order valence-corrected chi connectivity index (χ1v) is 15.4. The van der Waals surface area contributed by atoms with E-state index in [1.54, 1.807) is 24.3 Å². The summed E-state index contributed by atoms with van der Waals surface area (Å²) in [7, 11) is 0. The van der Waals surface area contributed by atoms with E-state index in [-0.39, 0.29) is 11.9 Å². The Bertz CT molecular complexity index is 1000. The zero-order valence-electron chi connectivity index (χ0n) is 24.4. The molecule has 218 valence electrons. The second kappa shape index (κ2) is 18.3. The molecule has 0 radical (unpaired) electrons. The predicted octanol–water partition coefficient (Wildman–Crippen LogP) is 9.21. The molecule has 5 heteroatoms. The highest BCUT2D eigenvalue weighted by Crippen LogP contribution is 2.38. The molecule has 0 aromatic heterocycles. The van der Waals surface area contributed by atoms with Gasteiger partial charge in [0.1, 0.15) is 11.5 Å². The molecule has 1 fully saturated rings. The van der Waals surface area contributed by atoms with Crippen molar-refractivity contribution in [3.63, 3.8) is 0 Å². The van der Waals surface area contributed by atoms with Gasteiger partial charge in [-0.1, -0.05) is 64.2 Å². The zero-order chi connectivity index (χ0) is 28.4. The van der Waals surface area contributed by atoms with Crippen LogP contribution in [0.1, 0.15) is 119 Å². The van der Waals surface area contributed by atoms with E-state index in [0.717, 1.165) is 37.4 Å². The molecule has 3 rings (SSSR count). The minimum absolute atomic E-state index is 0.365. The average Bonchev–Trinajstić information content (AvgIpc) is 2.99. The summed E-state index contributed by atoms with van der Waals surface area (Å²) in [5.41, 5.74) is 1.86. The molecule has 1 saturated carbocycles. The lowest BCUT2D eigenvalue weighted by molar-refractivity contribution is -0.137. The highest BCUT2D eigenvalue weighted by Gasteiger charge is 2.22. The molecule has 1 aliphatic rings. The molecule has 0 aliphatic heterocycles. The van der Waals surface area contributed by atoms with Gasteiger partial charge in [-0.05, 0) is 105 Å². The number of carbonyl (C=O) groups is 2. The third kappa shape index (κ3) is 11.6. The predicted molar refractivity (Wildman–Crippen MR) is 161 cm³/mol. The van der Waals surface area contributed by atoms with Crippen LogP contribution >= 0.6 is 0 Å². The van der Waals surface area contributed by atoms with Crippen molar-refractivity contribution in [2.24, 2.45) is 5.92 Å². The van der Waals surface area contributed by atoms with Crippen LogP contribution in [0.15, 0.2) is 61.2 Å². The first kappa shape index (κ1) is 31.4. The fourth-order valence-corrected chi connectivity index (χ4v) is 5.46. The number of ether oxygens (including phenoxy) is 3. The Balaban J connectivity index is 1.31. The van der Waals surface area contributed by atoms with Gasteiger partial charge in [-0.15, -0.1) is 0 Å². The maximum atomic E-state index is 12.6. The second-order valence-electron chi connectivity index (χ2n) is 11.0. The summed E-state index contributed by atoms with van der Waals surface area (Å²) in [6, 6.07) is 15.2. The van der Waals surface area contributed by atoms with Gasteiger partial charge in [0, 0.05) is 6.08 Å². The molecule has 0 bridgehead atoms. The summed E-state index contributed by atoms with van der Waals surface area (Å²) >= 11 is 0. The molecule has 0 spiro atoms. The van der Waals surface area contributed by atoms with Crippen LogP contribution in [0.5, 0.6) is 11.5 Å². The largest absolute Gasteiger partial charge is 0.494 e. The highest BCUT2D eigenvalue weighted by molar-refractivity contribution is 5.91. The number of benzene rings is 2. The third-order valence-corrected chi connectivity index (χ3v) is 7.93. The lowest BCUT2D eigenvalue weighted by Crippen LogP contribution is -2.13. The monoisotopic (exact) mass is 548 g/mol. The summed E-state index contributed by atoms with van der Waals surface area (Å²) in [5, 5.41) is 0. The summed E-state index contributed by atoms with van der Waals surface area (Å²) in [6.45, 7) is 6.67. The van der Waals surface area contributed by atoms with Crippen LogP contribution in [-0.4, -0.2) is 25.2 Å². The summed E-state index contributed by atoms with van der Waals surface area (Å²) in [5.74, 6) is 2.09. The molecule has 1 aliphatic carbocycles. The van der Waals surface area contributed by atoms with Crippen molar-refractivity contribution in [2.45, 2.75) is 103 Å². The minimum Gasteiger partial charge on any atom is -0.494 e. The Kier molecular flexibility index (Phi) is 14.4. The van der Waals surface area contributed by atoms with Crippen molar-refractivity contribution in [2.75, 3.05) is 13.2 Å². The Morgan fingerprint density at radius 2 is 1.40 bits per heavy atom. The van der Waals surface area contributed by atoms with E-state index in [1.165, 1.54) is 75.8 Å². The number of hydrogen-bond donors (Lipinski definition) is 0. The van der Waals surface area contributed by atoms with Gasteiger partial charge in [0.2, 0.25) is 0 Å². The number of hydrogen-bond acceptors (Lipinski definition) is 5. The molecule has 5 nitrogen and oxygen atoms in total. The van der Waals surface area contributed by atoms with Crippen molar-refractivity contribution in [1.29, 1.82) is 0 Å². The van der Waals surface area contributed by atoms with Crippen molar-refractivity contribution in [3.8, 4) is 11.5 Å². The summed E-state index contributed by atoms with van der Waals surface area (Å²) < 4.78 is 16.4. The molecule has 2 aromatic rings. The van der Waals surface area contributed by atoms with Gasteiger partial charge in [0.05, 0.1) is 18.8 Å². The topological polar surface area (TPSA) is 61.8 Å². The van der Waals surface area contributed by atoms with Gasteiger partial charge in [0.25, 0.3) is 0 Å². The Morgan fingerprint density at radius 1 is 0.775 bits per heavy atom. The van der Waals surface area contributed by atoms with Gasteiger partial charge >= 0.3 is 11.9 Å². The molecule has 0 unspecified atom stereocenters. The van der Waals surface area contributed by atoms with Crippen LogP contribution in [-0.2, 0) is 9.53 Å². The normalized spacial score (nSPS) is 16.7. The fourth-order valence-electron chi connectivity index (χ4n) is 5.46. The molecule has 0 atom stereocenters. The highest BCUT2D eigenvalue weighted by atomic mass is 16.5. The van der Waals surface area contributed by atoms with Crippen LogP contribution in [0, 0.1) is 5.92 Å². The van der Waals surface area contributed by atoms with Gasteiger partial charge in [-0.25, -0.2) is 9.59 Å². The van der Waals surface area contributed by atoms with E-state index < -0.39 is 0 Å². The maximum absolute atomic E-state index is 12.6. The van der Waals surface area contributed by atoms with Crippen LogP contribution in [0.4, 0.5) is 0 Å². The first-order valence-electron chi connectivity index (χ1n) is 15.4. The number of rotatable bonds is 18. The smallest absolute Gasteiger partial charge is 0.343 e. The summed E-state index contributed by atoms with van der Waals surface area (Å²) in [4.78, 5) is 23.6. The van der Waals surface area contributed by atoms with Crippen molar-refractivity contribution in [1.82, 2.24) is 0 Å². The molecule has 0 heterocycles. The van der Waals surface area contributed by atoms with Crippen molar-refractivity contribution >= 4 is 11.9 Å². The van der Waals surface area contributed by atoms with Gasteiger partial charge in [-0.3, -0.25) is 0 Å². The van der Waals surface area contributed by atoms with Gasteiger partial charge in [-0.2, -0.15) is 0 Å². The Labute approximate surface area is 241 Å². The first-order chi connectivity index (χ1) is 19.6. The molecular weight excluding hydrogens is 500 g/mol. The molecule has 40 heavy (non-hydrogen) atoms. The Hall–Kier alpha value is -3.08. The molecule has 0 amide bonds. The zero-order valence-corrected chi connectivity index (χ0v) is 24.4. The van der Waals surface area contributed by atoms with Gasteiger partial charge < -0.3 is 14.2 Å². The average molecular weight is 549 g/mol. The van der Waals surface area contributed by atoms with Crippen LogP contribution in [0.2, 0.25) is 0 Å². The van der Waals surface area contributed by atoms with E-state index in [1.807, 2.05) is 12.1 Å². The van der Waals surface area contributed by atoms with E-state index in [0.29, 0.717) is 30.4 Å². The van der Waals surface area contributed by atoms with E-state index in [4.69, 9.17) is 14.2 Å². The second-order valence-corrected chi connectivity index (χ2v) is 11.0. The SMILES string of the molecule is C=CC(=O)OCCCCCCOc1ccc(C(=O)Oc2ccc(C3CCC(CCCCCCC)CC3)cc2)cc1. The quantitative estimate of drug-likeness (QED) is 0.0804. The molecule has 0 N–H and O–H groups in total. The third-order valence-electron chi connectivity index (χ3n) is 7.93. The minimum atomic E-state index is -0.375. The molecule has 0 saturated heterocycles. The Morgan fingerprint density at radius 3 is 2.08 bits per heavy atom. The van der Waals surface area contributed by atoms with Crippen LogP contribution in [0.3, 0.4) is 0 Å². The maximum Gasteiger partial charge on any atom is 0.343 e. The summed E-state index contributed by atoms with van der Waals surface area (Å²) in [6.07, 6.45) is 18.4. The number of carbonyl (C=O) groups excluding carboxylic acids is 2. The van der Waals surface area contributed by atoms with E-state index in [2.05, 4.69) is 25.6 Å². The van der Waals surface area contributed by atoms with Crippen molar-refractivity contribution < 1.29 is 23.8 Å². The van der Waals surface area contributed by atoms with E-state index in [9.17, 15) is 9.59 Å². The van der Waals surface area contributed by atoms with Gasteiger partial charge in [0.15, 0.2) is 0 Å². The standard InChI is InChI=1S/C35H48O5/c1-3-5-6-7-10-13-28-14-16-29(17-15-28)30-18-24-33(25-19-30)40-35(37)31-20-22-32(23-21-31)38-26-11-8-9-12-27-39-34(36)4-2/h4,18-25,28-29H,2-3,5-17,26-27H2,1H3. The molecular formula is C35H48O5. The lowest BCUT2D eigenvalue weighted by Gasteiger charge is -2.29. The van der Waals surface area contributed by atoms with E-state index >= 15 is 0 Å². The molecule has 2 aromatic carbocycles. The van der Waals surface area contributed by atoms with Crippen LogP contribution < -0.4 is 9.47 Å². The van der Waals surface area contributed by atoms with Crippen LogP contribution in [0.25, 0.3) is 0 Å². The lowest BCUT2D eigenvalue weighted by atomic mass is 9.77. The van der Waals surface area contributed by atoms with Crippen molar-refractivity contribution in [3.05, 3.63) is 72.3 Å². The number of unbranched alkanes of at least 4 members (excludes halogenated alkanes) is 7.